The molecule has 6 atom stereocenters. The fourth-order valence-corrected chi connectivity index (χ4v) is 13.8. The van der Waals surface area contributed by atoms with Crippen LogP contribution in [0.5, 0.6) is 0 Å². The number of carboxylic acids is 1. The van der Waals surface area contributed by atoms with Crippen LogP contribution in [-0.2, 0) is 15.9 Å². The number of carbonyl (C=O) groups is 1. The molecule has 10 rings (SSSR count). The number of fused-ring (bicyclic) bond motifs is 5. The van der Waals surface area contributed by atoms with Crippen molar-refractivity contribution >= 4 is 55.7 Å². The van der Waals surface area contributed by atoms with Crippen molar-refractivity contribution in [3.63, 3.8) is 0 Å². The second-order valence-corrected chi connectivity index (χ2v) is 19.6. The second kappa shape index (κ2) is 14.4. The number of allylic oxidation sites excluding steroid dienone is 2. The molecule has 5 fully saturated rings. The summed E-state index contributed by atoms with van der Waals surface area (Å²) in [5, 5.41) is 37.6. The van der Waals surface area contributed by atoms with Crippen LogP contribution in [0.3, 0.4) is 0 Å². The van der Waals surface area contributed by atoms with Crippen LogP contribution in [0.25, 0.3) is 15.8 Å². The number of hydrogen-bond donors (Lipinski definition) is 3. The van der Waals surface area contributed by atoms with Crippen LogP contribution in [0.4, 0.5) is 27.0 Å². The molecule has 0 radical (unpaired) electrons. The summed E-state index contributed by atoms with van der Waals surface area (Å²) in [4.78, 5) is 26.4. The van der Waals surface area contributed by atoms with E-state index in [2.05, 4.69) is 55.6 Å². The maximum absolute atomic E-state index is 14.4. The maximum Gasteiger partial charge on any atom is 0.355 e. The molecule has 1 aromatic carbocycles. The average molecular weight is 834 g/mol. The van der Waals surface area contributed by atoms with Gasteiger partial charge in [0.1, 0.15) is 17.7 Å². The van der Waals surface area contributed by atoms with Crippen molar-refractivity contribution in [1.29, 1.82) is 5.26 Å². The van der Waals surface area contributed by atoms with E-state index in [1.807, 2.05) is 18.7 Å². The SMILES string of the molecule is C/C(NCC12CC3(C)CC4(OCCN5CCOCC5)CC(C)C1CC34C2)=C(/C#N)c1ccc(N2CCCc3c2nnc(Nc2nc4cccc(F)c4s2)c3C)nc1C(=O)O. The lowest BCUT2D eigenvalue weighted by molar-refractivity contribution is -0.305. The highest BCUT2D eigenvalue weighted by molar-refractivity contribution is 7.22. The summed E-state index contributed by atoms with van der Waals surface area (Å²) in [6.07, 6.45) is 7.20. The molecule has 6 aliphatic rings. The Hall–Kier alpha value is -4.75. The maximum atomic E-state index is 14.4. The fourth-order valence-electron chi connectivity index (χ4n) is 12.9. The number of ether oxygens (including phenoxy) is 2. The van der Waals surface area contributed by atoms with E-state index in [0.717, 1.165) is 95.7 Å². The Bertz CT molecular complexity index is 2480. The molecule has 4 aliphatic carbocycles. The van der Waals surface area contributed by atoms with Crippen molar-refractivity contribution in [2.45, 2.75) is 78.2 Å². The third kappa shape index (κ3) is 5.95. The van der Waals surface area contributed by atoms with Gasteiger partial charge in [-0.2, -0.15) is 5.26 Å². The minimum atomic E-state index is -1.21. The number of nitriles is 1. The first-order valence-electron chi connectivity index (χ1n) is 21.4. The summed E-state index contributed by atoms with van der Waals surface area (Å²) in [6.45, 7) is 15.3. The average Bonchev–Trinajstić information content (AvgIpc) is 3.87. The van der Waals surface area contributed by atoms with Crippen LogP contribution in [-0.4, -0.2) is 94.3 Å². The molecule has 314 valence electrons. The van der Waals surface area contributed by atoms with Gasteiger partial charge in [-0.05, 0) is 106 Å². The minimum absolute atomic E-state index is 0.0635. The predicted molar refractivity (Wildman–Crippen MR) is 227 cm³/mol. The number of aromatic carboxylic acids is 1. The number of nitrogens with zero attached hydrogens (tertiary/aromatic N) is 7. The Labute approximate surface area is 353 Å². The quantitative estimate of drug-likeness (QED) is 0.120. The second-order valence-electron chi connectivity index (χ2n) is 18.6. The molecule has 4 aromatic rings. The van der Waals surface area contributed by atoms with E-state index in [1.165, 1.54) is 23.8 Å². The van der Waals surface area contributed by atoms with Crippen molar-refractivity contribution in [2.75, 3.05) is 62.8 Å². The summed E-state index contributed by atoms with van der Waals surface area (Å²) < 4.78 is 27.4. The van der Waals surface area contributed by atoms with Crippen molar-refractivity contribution in [2.24, 2.45) is 28.1 Å². The number of hydrogen-bond acceptors (Lipinski definition) is 13. The number of thiazole rings is 1. The van der Waals surface area contributed by atoms with Crippen LogP contribution < -0.4 is 15.5 Å². The van der Waals surface area contributed by atoms with E-state index in [-0.39, 0.29) is 44.5 Å². The molecule has 2 aliphatic heterocycles. The number of rotatable bonds is 12. The van der Waals surface area contributed by atoms with E-state index in [4.69, 9.17) is 9.47 Å². The van der Waals surface area contributed by atoms with Crippen LogP contribution in [0.1, 0.15) is 86.5 Å². The first kappa shape index (κ1) is 39.4. The van der Waals surface area contributed by atoms with Gasteiger partial charge in [0, 0.05) is 60.5 Å². The summed E-state index contributed by atoms with van der Waals surface area (Å²) >= 11 is 1.22. The van der Waals surface area contributed by atoms with E-state index in [0.29, 0.717) is 56.9 Å². The number of carboxylic acid groups (broad SMARTS) is 1. The number of halogens is 1. The molecule has 1 saturated heterocycles. The largest absolute Gasteiger partial charge is 0.476 e. The molecule has 60 heavy (non-hydrogen) atoms. The van der Waals surface area contributed by atoms with Crippen LogP contribution in [0.15, 0.2) is 36.0 Å². The topological polar surface area (TPSA) is 162 Å². The van der Waals surface area contributed by atoms with E-state index >= 15 is 0 Å². The highest BCUT2D eigenvalue weighted by Gasteiger charge is 2.85. The molecule has 15 heteroatoms. The van der Waals surface area contributed by atoms with Crippen molar-refractivity contribution < 1.29 is 23.8 Å². The van der Waals surface area contributed by atoms with Gasteiger partial charge in [-0.1, -0.05) is 31.3 Å². The van der Waals surface area contributed by atoms with Gasteiger partial charge >= 0.3 is 5.97 Å². The molecule has 1 spiro atoms. The first-order valence-corrected chi connectivity index (χ1v) is 22.2. The predicted octanol–water partition coefficient (Wildman–Crippen LogP) is 7.62. The lowest BCUT2D eigenvalue weighted by Crippen LogP contribution is -2.71. The van der Waals surface area contributed by atoms with Gasteiger partial charge in [-0.3, -0.25) is 4.90 Å². The zero-order valence-electron chi connectivity index (χ0n) is 34.7. The monoisotopic (exact) mass is 833 g/mol. The van der Waals surface area contributed by atoms with Crippen molar-refractivity contribution in [3.05, 3.63) is 64.2 Å². The zero-order chi connectivity index (χ0) is 41.6. The lowest BCUT2D eigenvalue weighted by Gasteiger charge is -2.72. The molecule has 0 amide bonds. The molecule has 13 nitrogen and oxygen atoms in total. The van der Waals surface area contributed by atoms with Crippen molar-refractivity contribution in [3.8, 4) is 6.07 Å². The number of aromatic nitrogens is 4. The normalized spacial score (nSPS) is 30.7. The Kier molecular flexibility index (Phi) is 9.47. The van der Waals surface area contributed by atoms with Gasteiger partial charge in [-0.25, -0.2) is 19.2 Å². The lowest BCUT2D eigenvalue weighted by atomic mass is 9.36. The van der Waals surface area contributed by atoms with Gasteiger partial charge in [0.05, 0.1) is 41.2 Å². The summed E-state index contributed by atoms with van der Waals surface area (Å²) in [5.41, 5.74) is 3.89. The highest BCUT2D eigenvalue weighted by atomic mass is 32.1. The molecule has 3 N–H and O–H groups in total. The number of morpholine rings is 1. The Morgan fingerprint density at radius 1 is 1.13 bits per heavy atom. The molecule has 6 unspecified atom stereocenters. The van der Waals surface area contributed by atoms with Gasteiger partial charge in [0.15, 0.2) is 22.5 Å². The van der Waals surface area contributed by atoms with Gasteiger partial charge in [0.25, 0.3) is 0 Å². The summed E-state index contributed by atoms with van der Waals surface area (Å²) in [5.74, 6) is 1.13. The minimum Gasteiger partial charge on any atom is -0.476 e. The highest BCUT2D eigenvalue weighted by Crippen LogP contribution is 2.88. The Balaban J connectivity index is 0.875. The standard InChI is InChI=1S/C45H52FN9O4S/c1-26-19-45(59-18-15-54-13-16-58-17-14-54)23-42(4)22-43(24-44(42,45)20-32(26)43)25-48-28(3)31(21-47)30-10-11-35(50-36(30)40(56)57)55-12-6-7-29-27(2)38(52-53-39(29)55)51-41-49-34-9-5-8-33(46)37(34)60-41/h5,8-11,26,32,48H,6-7,12-20,22-25H2,1-4H3,(H,56,57)(H,49,51,52)/b31-28+. The number of nitrogens with one attached hydrogen (secondary N) is 2. The summed E-state index contributed by atoms with van der Waals surface area (Å²) in [6, 6.07) is 10.6. The summed E-state index contributed by atoms with van der Waals surface area (Å²) in [7, 11) is 0. The van der Waals surface area contributed by atoms with E-state index in [9.17, 15) is 19.6 Å². The third-order valence-corrected chi connectivity index (χ3v) is 16.5. The Morgan fingerprint density at radius 2 is 1.97 bits per heavy atom. The van der Waals surface area contributed by atoms with E-state index in [1.54, 1.807) is 24.3 Å². The number of benzene rings is 1. The molecule has 4 saturated carbocycles. The fraction of sp³-hybridized carbons (Fsp3) is 0.556. The van der Waals surface area contributed by atoms with E-state index < -0.39 is 5.97 Å². The van der Waals surface area contributed by atoms with Crippen LogP contribution in [0, 0.1) is 52.2 Å². The number of pyridine rings is 1. The van der Waals surface area contributed by atoms with Crippen LogP contribution >= 0.6 is 11.3 Å². The number of anilines is 4. The van der Waals surface area contributed by atoms with Crippen molar-refractivity contribution in [1.82, 2.24) is 30.4 Å². The van der Waals surface area contributed by atoms with Crippen LogP contribution in [0.2, 0.25) is 0 Å². The smallest absolute Gasteiger partial charge is 0.355 e. The van der Waals surface area contributed by atoms with Gasteiger partial charge in [-0.15, -0.1) is 10.2 Å². The first-order chi connectivity index (χ1) is 28.9. The Morgan fingerprint density at radius 3 is 2.75 bits per heavy atom. The third-order valence-electron chi connectivity index (χ3n) is 15.5. The zero-order valence-corrected chi connectivity index (χ0v) is 35.6. The van der Waals surface area contributed by atoms with Gasteiger partial charge in [0.2, 0.25) is 0 Å². The van der Waals surface area contributed by atoms with Gasteiger partial charge < -0.3 is 30.1 Å². The molecule has 3 bridgehead atoms. The molecular weight excluding hydrogens is 782 g/mol. The molecule has 5 heterocycles. The molecular formula is C45H52FN9O4S. The molecule has 3 aromatic heterocycles.